The van der Waals surface area contributed by atoms with Crippen LogP contribution < -0.4 is 10.9 Å². The highest BCUT2D eigenvalue weighted by Crippen LogP contribution is 2.01. The first-order chi connectivity index (χ1) is 9.75. The Hall–Kier alpha value is -2.48. The summed E-state index contributed by atoms with van der Waals surface area (Å²) in [5.74, 6) is 0. The lowest BCUT2D eigenvalue weighted by Gasteiger charge is -2.04. The summed E-state index contributed by atoms with van der Waals surface area (Å²) in [5.41, 5.74) is 1.39. The number of furan rings is 1. The molecule has 20 heavy (non-hydrogen) atoms. The molecule has 0 aliphatic heterocycles. The maximum atomic E-state index is 12.1. The second-order valence-corrected chi connectivity index (χ2v) is 4.43. The standard InChI is InChI=1S/C12H14N6O2/c1-17-11-10(7-14-17)12(19)18(16-15-11)4-3-13-6-9-2-5-20-8-9/h2,5,7-8,13H,3-4,6H2,1H3. The Morgan fingerprint density at radius 3 is 3.15 bits per heavy atom. The Labute approximate surface area is 114 Å². The predicted octanol–water partition coefficient (Wildman–Crippen LogP) is -0.0922. The fraction of sp³-hybridized carbons (Fsp3) is 0.333. The Balaban J connectivity index is 1.65. The molecule has 0 spiro atoms. The molecule has 0 bridgehead atoms. The van der Waals surface area contributed by atoms with Gasteiger partial charge in [0.25, 0.3) is 5.56 Å². The van der Waals surface area contributed by atoms with E-state index in [1.807, 2.05) is 6.07 Å². The Bertz CT molecular complexity index is 758. The van der Waals surface area contributed by atoms with E-state index in [-0.39, 0.29) is 5.56 Å². The van der Waals surface area contributed by atoms with Crippen molar-refractivity contribution in [3.8, 4) is 0 Å². The maximum Gasteiger partial charge on any atom is 0.280 e. The van der Waals surface area contributed by atoms with Crippen LogP contribution in [0.4, 0.5) is 0 Å². The van der Waals surface area contributed by atoms with Gasteiger partial charge < -0.3 is 9.73 Å². The summed E-state index contributed by atoms with van der Waals surface area (Å²) in [7, 11) is 1.73. The van der Waals surface area contributed by atoms with Gasteiger partial charge in [0.2, 0.25) is 0 Å². The van der Waals surface area contributed by atoms with E-state index >= 15 is 0 Å². The quantitative estimate of drug-likeness (QED) is 0.654. The van der Waals surface area contributed by atoms with Gasteiger partial charge in [0.1, 0.15) is 5.39 Å². The fourth-order valence-corrected chi connectivity index (χ4v) is 1.93. The number of nitrogens with one attached hydrogen (secondary N) is 1. The minimum absolute atomic E-state index is 0.173. The van der Waals surface area contributed by atoms with Gasteiger partial charge in [0.05, 0.1) is 25.3 Å². The van der Waals surface area contributed by atoms with Gasteiger partial charge in [-0.3, -0.25) is 4.79 Å². The average molecular weight is 274 g/mol. The molecular weight excluding hydrogens is 260 g/mol. The molecular formula is C12H14N6O2. The van der Waals surface area contributed by atoms with Crippen molar-refractivity contribution in [2.24, 2.45) is 7.05 Å². The molecule has 3 aromatic heterocycles. The number of fused-ring (bicyclic) bond motifs is 1. The first-order valence-electron chi connectivity index (χ1n) is 6.23. The molecule has 0 radical (unpaired) electrons. The van der Waals surface area contributed by atoms with Crippen LogP contribution >= 0.6 is 0 Å². The van der Waals surface area contributed by atoms with Crippen LogP contribution in [0, 0.1) is 0 Å². The topological polar surface area (TPSA) is 90.8 Å². The van der Waals surface area contributed by atoms with Crippen LogP contribution in [0.5, 0.6) is 0 Å². The zero-order valence-corrected chi connectivity index (χ0v) is 11.0. The highest BCUT2D eigenvalue weighted by Gasteiger charge is 2.08. The molecule has 0 aliphatic carbocycles. The van der Waals surface area contributed by atoms with Crippen LogP contribution in [0.1, 0.15) is 5.56 Å². The van der Waals surface area contributed by atoms with Crippen molar-refractivity contribution in [2.75, 3.05) is 6.54 Å². The third-order valence-corrected chi connectivity index (χ3v) is 3.03. The third-order valence-electron chi connectivity index (χ3n) is 3.03. The van der Waals surface area contributed by atoms with Crippen molar-refractivity contribution >= 4 is 11.0 Å². The summed E-state index contributed by atoms with van der Waals surface area (Å²) in [4.78, 5) is 12.1. The second kappa shape index (κ2) is 5.25. The van der Waals surface area contributed by atoms with Crippen molar-refractivity contribution < 1.29 is 4.42 Å². The van der Waals surface area contributed by atoms with E-state index in [9.17, 15) is 4.79 Å². The molecule has 0 aliphatic rings. The molecule has 0 amide bonds. The van der Waals surface area contributed by atoms with E-state index in [4.69, 9.17) is 4.42 Å². The molecule has 0 atom stereocenters. The van der Waals surface area contributed by atoms with Crippen LogP contribution in [-0.2, 0) is 20.1 Å². The van der Waals surface area contributed by atoms with Crippen molar-refractivity contribution in [3.05, 3.63) is 40.7 Å². The van der Waals surface area contributed by atoms with Crippen LogP contribution in [0.25, 0.3) is 11.0 Å². The maximum absolute atomic E-state index is 12.1. The predicted molar refractivity (Wildman–Crippen MR) is 71.0 cm³/mol. The molecule has 8 heteroatoms. The van der Waals surface area contributed by atoms with E-state index in [0.717, 1.165) is 5.56 Å². The lowest BCUT2D eigenvalue weighted by Crippen LogP contribution is -2.29. The van der Waals surface area contributed by atoms with Gasteiger partial charge in [-0.05, 0) is 6.07 Å². The molecule has 8 nitrogen and oxygen atoms in total. The molecule has 0 saturated carbocycles. The van der Waals surface area contributed by atoms with Gasteiger partial charge in [-0.2, -0.15) is 5.10 Å². The van der Waals surface area contributed by atoms with Gasteiger partial charge in [0.15, 0.2) is 5.65 Å². The zero-order chi connectivity index (χ0) is 13.9. The highest BCUT2D eigenvalue weighted by atomic mass is 16.3. The molecule has 3 aromatic rings. The molecule has 104 valence electrons. The Morgan fingerprint density at radius 1 is 1.45 bits per heavy atom. The van der Waals surface area contributed by atoms with Crippen LogP contribution in [0.15, 0.2) is 34.0 Å². The number of aryl methyl sites for hydroxylation is 1. The number of nitrogens with zero attached hydrogens (tertiary/aromatic N) is 5. The fourth-order valence-electron chi connectivity index (χ4n) is 1.93. The first-order valence-corrected chi connectivity index (χ1v) is 6.23. The number of aromatic nitrogens is 5. The van der Waals surface area contributed by atoms with E-state index in [1.54, 1.807) is 19.6 Å². The van der Waals surface area contributed by atoms with Gasteiger partial charge in [-0.1, -0.05) is 5.21 Å². The molecule has 3 heterocycles. The van der Waals surface area contributed by atoms with Gasteiger partial charge in [-0.25, -0.2) is 9.36 Å². The largest absolute Gasteiger partial charge is 0.472 e. The lowest BCUT2D eigenvalue weighted by atomic mass is 10.3. The SMILES string of the molecule is Cn1ncc2c(=O)n(CCNCc3ccoc3)nnc21. The summed E-state index contributed by atoms with van der Waals surface area (Å²) in [5, 5.41) is 15.6. The third kappa shape index (κ3) is 2.32. The monoisotopic (exact) mass is 274 g/mol. The molecule has 0 unspecified atom stereocenters. The molecule has 0 fully saturated rings. The van der Waals surface area contributed by atoms with Crippen LogP contribution in [0.2, 0.25) is 0 Å². The summed E-state index contributed by atoms with van der Waals surface area (Å²) >= 11 is 0. The zero-order valence-electron chi connectivity index (χ0n) is 11.0. The number of hydrogen-bond acceptors (Lipinski definition) is 6. The summed E-state index contributed by atoms with van der Waals surface area (Å²) < 4.78 is 7.85. The van der Waals surface area contributed by atoms with E-state index in [2.05, 4.69) is 20.7 Å². The van der Waals surface area contributed by atoms with E-state index in [0.29, 0.717) is 30.7 Å². The van der Waals surface area contributed by atoms with E-state index in [1.165, 1.54) is 15.6 Å². The molecule has 3 rings (SSSR count). The smallest absolute Gasteiger partial charge is 0.280 e. The molecule has 0 aromatic carbocycles. The minimum Gasteiger partial charge on any atom is -0.472 e. The Kier molecular flexibility index (Phi) is 3.30. The average Bonchev–Trinajstić information content (AvgIpc) is 3.08. The van der Waals surface area contributed by atoms with Crippen LogP contribution in [0.3, 0.4) is 0 Å². The normalized spacial score (nSPS) is 11.2. The summed E-state index contributed by atoms with van der Waals surface area (Å²) in [6.07, 6.45) is 4.83. The van der Waals surface area contributed by atoms with Crippen molar-refractivity contribution in [1.82, 2.24) is 30.1 Å². The van der Waals surface area contributed by atoms with Gasteiger partial charge in [0, 0.05) is 25.7 Å². The summed E-state index contributed by atoms with van der Waals surface area (Å²) in [6, 6.07) is 1.89. The number of hydrogen-bond donors (Lipinski definition) is 1. The van der Waals surface area contributed by atoms with Crippen molar-refractivity contribution in [3.63, 3.8) is 0 Å². The van der Waals surface area contributed by atoms with Crippen molar-refractivity contribution in [1.29, 1.82) is 0 Å². The minimum atomic E-state index is -0.173. The highest BCUT2D eigenvalue weighted by molar-refractivity contribution is 5.72. The van der Waals surface area contributed by atoms with Crippen molar-refractivity contribution in [2.45, 2.75) is 13.1 Å². The first kappa shape index (κ1) is 12.5. The van der Waals surface area contributed by atoms with Gasteiger partial charge in [-0.15, -0.1) is 5.10 Å². The summed E-state index contributed by atoms with van der Waals surface area (Å²) in [6.45, 7) is 1.76. The molecule has 1 N–H and O–H groups in total. The van der Waals surface area contributed by atoms with Gasteiger partial charge >= 0.3 is 0 Å². The number of rotatable bonds is 5. The lowest BCUT2D eigenvalue weighted by molar-refractivity contribution is 0.509. The molecule has 0 saturated heterocycles. The second-order valence-electron chi connectivity index (χ2n) is 4.43. The van der Waals surface area contributed by atoms with Crippen LogP contribution in [-0.4, -0.2) is 31.3 Å². The Morgan fingerprint density at radius 2 is 2.35 bits per heavy atom. The van der Waals surface area contributed by atoms with E-state index < -0.39 is 0 Å².